The van der Waals surface area contributed by atoms with Crippen molar-refractivity contribution in [2.75, 3.05) is 0 Å². The Labute approximate surface area is 91.4 Å². The molecule has 0 nitrogen and oxygen atoms in total. The Kier molecular flexibility index (Phi) is 2.03. The largest absolute Gasteiger partial charge is 0.0963 e. The average molecular weight is 216 g/mol. The molecule has 0 aliphatic carbocycles. The summed E-state index contributed by atoms with van der Waals surface area (Å²) in [6.07, 6.45) is 0. The second kappa shape index (κ2) is 3.37. The lowest BCUT2D eigenvalue weighted by Crippen LogP contribution is -1.81. The zero-order valence-electron chi connectivity index (χ0n) is 7.44. The van der Waals surface area contributed by atoms with Crippen LogP contribution in [0, 0.1) is 0 Å². The predicted octanol–water partition coefficient (Wildman–Crippen LogP) is 4.51. The van der Waals surface area contributed by atoms with Gasteiger partial charge in [-0.3, -0.25) is 0 Å². The van der Waals surface area contributed by atoms with Gasteiger partial charge in [0.2, 0.25) is 0 Å². The quantitative estimate of drug-likeness (QED) is 0.635. The van der Waals surface area contributed by atoms with Gasteiger partial charge in [-0.1, -0.05) is 47.8 Å². The molecule has 0 aromatic heterocycles. The number of hydrogen-bond acceptors (Lipinski definition) is 2. The lowest BCUT2D eigenvalue weighted by molar-refractivity contribution is 1.29. The molecule has 0 unspecified atom stereocenters. The minimum atomic E-state index is 1.33. The normalized spacial score (nSPS) is 14.3. The molecule has 0 atom stereocenters. The number of rotatable bonds is 0. The monoisotopic (exact) mass is 216 g/mol. The summed E-state index contributed by atoms with van der Waals surface area (Å²) in [4.78, 5) is 2.74. The lowest BCUT2D eigenvalue weighted by atomic mass is 10.1. The van der Waals surface area contributed by atoms with Gasteiger partial charge in [0.15, 0.2) is 0 Å². The minimum absolute atomic E-state index is 1.33. The summed E-state index contributed by atoms with van der Waals surface area (Å²) in [6, 6.07) is 13.0. The summed E-state index contributed by atoms with van der Waals surface area (Å²) in [6.45, 7) is 0. The molecule has 1 aliphatic rings. The molecule has 0 bridgehead atoms. The zero-order valence-corrected chi connectivity index (χ0v) is 9.07. The van der Waals surface area contributed by atoms with Crippen molar-refractivity contribution in [2.45, 2.75) is 9.79 Å². The Hall–Kier alpha value is -0.860. The van der Waals surface area contributed by atoms with Crippen molar-refractivity contribution in [1.29, 1.82) is 0 Å². The van der Waals surface area contributed by atoms with Gasteiger partial charge in [0, 0.05) is 9.79 Å². The van der Waals surface area contributed by atoms with Crippen LogP contribution in [0.4, 0.5) is 0 Å². The Morgan fingerprint density at radius 1 is 0.714 bits per heavy atom. The van der Waals surface area contributed by atoms with Crippen LogP contribution in [0.3, 0.4) is 0 Å². The van der Waals surface area contributed by atoms with E-state index in [1.807, 2.05) is 0 Å². The molecule has 1 aliphatic heterocycles. The molecule has 3 rings (SSSR count). The highest BCUT2D eigenvalue weighted by atomic mass is 32.2. The molecule has 2 heteroatoms. The third-order valence-electron chi connectivity index (χ3n) is 2.26. The zero-order chi connectivity index (χ0) is 9.38. The molecule has 2 aromatic rings. The first-order valence-electron chi connectivity index (χ1n) is 4.45. The Balaban J connectivity index is 2.30. The van der Waals surface area contributed by atoms with Crippen LogP contribution < -0.4 is 0 Å². The van der Waals surface area contributed by atoms with Gasteiger partial charge in [-0.2, -0.15) is 0 Å². The fourth-order valence-corrected chi connectivity index (χ4v) is 3.35. The maximum absolute atomic E-state index is 2.27. The van der Waals surface area contributed by atoms with Gasteiger partial charge in [0.1, 0.15) is 0 Å². The first-order valence-corrected chi connectivity index (χ1v) is 6.20. The fourth-order valence-electron chi connectivity index (χ4n) is 1.58. The number of hydrogen-bond donors (Lipinski definition) is 0. The second-order valence-electron chi connectivity index (χ2n) is 3.15. The summed E-state index contributed by atoms with van der Waals surface area (Å²) < 4.78 is 0. The van der Waals surface area contributed by atoms with Crippen LogP contribution in [0.1, 0.15) is 0 Å². The van der Waals surface area contributed by atoms with Crippen molar-refractivity contribution < 1.29 is 0 Å². The summed E-state index contributed by atoms with van der Waals surface area (Å²) in [7, 11) is 0. The first-order chi connectivity index (χ1) is 6.93. The SMILES string of the molecule is C1=CSc2cc3ccccc3cc2S1. The van der Waals surface area contributed by atoms with Crippen LogP contribution in [0.15, 0.2) is 57.0 Å². The van der Waals surface area contributed by atoms with Crippen LogP contribution >= 0.6 is 23.5 Å². The number of benzene rings is 2. The molecule has 0 spiro atoms. The highest BCUT2D eigenvalue weighted by Crippen LogP contribution is 2.39. The van der Waals surface area contributed by atoms with Gasteiger partial charge in [0.25, 0.3) is 0 Å². The lowest BCUT2D eigenvalue weighted by Gasteiger charge is -2.10. The van der Waals surface area contributed by atoms with Gasteiger partial charge in [0.05, 0.1) is 0 Å². The van der Waals surface area contributed by atoms with Gasteiger partial charge in [-0.05, 0) is 33.7 Å². The van der Waals surface area contributed by atoms with E-state index in [9.17, 15) is 0 Å². The average Bonchev–Trinajstić information content (AvgIpc) is 2.26. The molecular formula is C12H8S2. The molecule has 0 fully saturated rings. The maximum Gasteiger partial charge on any atom is 0.0262 e. The van der Waals surface area contributed by atoms with Crippen LogP contribution in [0.2, 0.25) is 0 Å². The third-order valence-corrected chi connectivity index (χ3v) is 4.29. The molecule has 0 saturated carbocycles. The van der Waals surface area contributed by atoms with Crippen LogP contribution in [0.25, 0.3) is 10.8 Å². The van der Waals surface area contributed by atoms with E-state index in [1.54, 1.807) is 23.5 Å². The second-order valence-corrected chi connectivity index (χ2v) is 5.05. The number of thioether (sulfide) groups is 2. The molecule has 0 N–H and O–H groups in total. The molecule has 0 saturated heterocycles. The van der Waals surface area contributed by atoms with Crippen LogP contribution in [-0.4, -0.2) is 0 Å². The van der Waals surface area contributed by atoms with Gasteiger partial charge < -0.3 is 0 Å². The Morgan fingerprint density at radius 2 is 1.21 bits per heavy atom. The van der Waals surface area contributed by atoms with Crippen molar-refractivity contribution >= 4 is 34.3 Å². The van der Waals surface area contributed by atoms with E-state index in [1.165, 1.54) is 20.6 Å². The highest BCUT2D eigenvalue weighted by Gasteiger charge is 2.07. The van der Waals surface area contributed by atoms with E-state index in [0.29, 0.717) is 0 Å². The third kappa shape index (κ3) is 1.35. The molecule has 1 heterocycles. The van der Waals surface area contributed by atoms with Crippen molar-refractivity contribution in [1.82, 2.24) is 0 Å². The van der Waals surface area contributed by atoms with E-state index in [-0.39, 0.29) is 0 Å². The predicted molar refractivity (Wildman–Crippen MR) is 64.8 cm³/mol. The van der Waals surface area contributed by atoms with Gasteiger partial charge >= 0.3 is 0 Å². The van der Waals surface area contributed by atoms with E-state index in [0.717, 1.165) is 0 Å². The molecular weight excluding hydrogens is 208 g/mol. The molecule has 2 aromatic carbocycles. The van der Waals surface area contributed by atoms with E-state index < -0.39 is 0 Å². The summed E-state index contributed by atoms with van der Waals surface area (Å²) in [5.41, 5.74) is 0. The molecule has 14 heavy (non-hydrogen) atoms. The Morgan fingerprint density at radius 3 is 1.71 bits per heavy atom. The van der Waals surface area contributed by atoms with Crippen LogP contribution in [0.5, 0.6) is 0 Å². The van der Waals surface area contributed by atoms with Gasteiger partial charge in [-0.25, -0.2) is 0 Å². The maximum atomic E-state index is 2.27. The van der Waals surface area contributed by atoms with E-state index in [2.05, 4.69) is 47.2 Å². The summed E-state index contributed by atoms with van der Waals surface area (Å²) >= 11 is 3.60. The van der Waals surface area contributed by atoms with Crippen molar-refractivity contribution in [3.63, 3.8) is 0 Å². The highest BCUT2D eigenvalue weighted by molar-refractivity contribution is 8.08. The van der Waals surface area contributed by atoms with E-state index in [4.69, 9.17) is 0 Å². The van der Waals surface area contributed by atoms with Crippen LogP contribution in [-0.2, 0) is 0 Å². The fraction of sp³-hybridized carbons (Fsp3) is 0. The standard InChI is InChI=1S/C12H8S2/c1-2-4-10-8-12-11(7-9(10)3-1)13-5-6-14-12/h1-8H. The molecule has 0 radical (unpaired) electrons. The molecule has 0 amide bonds. The first kappa shape index (κ1) is 8.45. The van der Waals surface area contributed by atoms with Gasteiger partial charge in [-0.15, -0.1) is 0 Å². The summed E-state index contributed by atoms with van der Waals surface area (Å²) in [5, 5.41) is 6.94. The summed E-state index contributed by atoms with van der Waals surface area (Å²) in [5.74, 6) is 0. The molecule has 68 valence electrons. The minimum Gasteiger partial charge on any atom is -0.0963 e. The Bertz CT molecular complexity index is 468. The van der Waals surface area contributed by atoms with E-state index >= 15 is 0 Å². The topological polar surface area (TPSA) is 0 Å². The smallest absolute Gasteiger partial charge is 0.0262 e. The van der Waals surface area contributed by atoms with Crippen molar-refractivity contribution in [2.24, 2.45) is 0 Å². The number of fused-ring (bicyclic) bond motifs is 2. The van der Waals surface area contributed by atoms with Crippen molar-refractivity contribution in [3.8, 4) is 0 Å². The van der Waals surface area contributed by atoms with Crippen molar-refractivity contribution in [3.05, 3.63) is 47.2 Å².